The van der Waals surface area contributed by atoms with Crippen molar-refractivity contribution in [1.29, 1.82) is 0 Å². The second-order valence-electron chi connectivity index (χ2n) is 5.21. The van der Waals surface area contributed by atoms with E-state index < -0.39 is 0 Å². The van der Waals surface area contributed by atoms with Crippen LogP contribution in [0.1, 0.15) is 52.4 Å². The zero-order valence-electron chi connectivity index (χ0n) is 12.1. The molecular formula is C14H32N2. The summed E-state index contributed by atoms with van der Waals surface area (Å²) in [6.07, 6.45) is 8.04. The molecule has 0 aromatic heterocycles. The maximum atomic E-state index is 2.45. The first-order valence-electron chi connectivity index (χ1n) is 6.96. The van der Waals surface area contributed by atoms with E-state index in [1.165, 1.54) is 51.6 Å². The molecule has 0 fully saturated rings. The second kappa shape index (κ2) is 10.1. The number of hydrogen-bond donors (Lipinski definition) is 0. The average Bonchev–Trinajstić information content (AvgIpc) is 2.23. The Balaban J connectivity index is 3.75. The van der Waals surface area contributed by atoms with E-state index >= 15 is 0 Å². The molecule has 0 amide bonds. The van der Waals surface area contributed by atoms with Gasteiger partial charge in [-0.2, -0.15) is 0 Å². The summed E-state index contributed by atoms with van der Waals surface area (Å²) in [7, 11) is 6.68. The molecule has 0 radical (unpaired) electrons. The van der Waals surface area contributed by atoms with E-state index in [1.807, 2.05) is 0 Å². The molecule has 2 nitrogen and oxygen atoms in total. The summed E-state index contributed by atoms with van der Waals surface area (Å²) in [6.45, 7) is 7.00. The molecule has 0 saturated carbocycles. The summed E-state index contributed by atoms with van der Waals surface area (Å²) in [5.41, 5.74) is 0. The third kappa shape index (κ3) is 8.12. The lowest BCUT2D eigenvalue weighted by Crippen LogP contribution is -2.32. The quantitative estimate of drug-likeness (QED) is 0.530. The molecule has 0 heterocycles. The summed E-state index contributed by atoms with van der Waals surface area (Å²) < 4.78 is 0. The minimum atomic E-state index is 0.769. The van der Waals surface area contributed by atoms with Gasteiger partial charge in [-0.3, -0.25) is 0 Å². The molecule has 16 heavy (non-hydrogen) atoms. The Labute approximate surface area is 103 Å². The first-order chi connectivity index (χ1) is 7.61. The van der Waals surface area contributed by atoms with Gasteiger partial charge < -0.3 is 9.80 Å². The van der Waals surface area contributed by atoms with Crippen LogP contribution in [0.2, 0.25) is 0 Å². The van der Waals surface area contributed by atoms with E-state index in [0.717, 1.165) is 6.04 Å². The third-order valence-electron chi connectivity index (χ3n) is 3.32. The molecule has 0 saturated heterocycles. The van der Waals surface area contributed by atoms with Crippen molar-refractivity contribution in [2.24, 2.45) is 0 Å². The monoisotopic (exact) mass is 228 g/mol. The highest BCUT2D eigenvalue weighted by atomic mass is 15.1. The van der Waals surface area contributed by atoms with Crippen LogP contribution < -0.4 is 0 Å². The van der Waals surface area contributed by atoms with Gasteiger partial charge in [0.15, 0.2) is 0 Å². The minimum Gasteiger partial charge on any atom is -0.306 e. The van der Waals surface area contributed by atoms with Crippen LogP contribution >= 0.6 is 0 Å². The Hall–Kier alpha value is -0.0800. The standard InChI is InChI=1S/C14H32N2/c1-6-8-9-10-14(15(3)4)11-13-16(5)12-7-2/h14H,6-13H2,1-5H3. The highest BCUT2D eigenvalue weighted by Crippen LogP contribution is 2.11. The fourth-order valence-electron chi connectivity index (χ4n) is 2.15. The van der Waals surface area contributed by atoms with E-state index in [9.17, 15) is 0 Å². The third-order valence-corrected chi connectivity index (χ3v) is 3.32. The molecular weight excluding hydrogens is 196 g/mol. The topological polar surface area (TPSA) is 6.48 Å². The van der Waals surface area contributed by atoms with Crippen LogP contribution in [0.4, 0.5) is 0 Å². The Morgan fingerprint density at radius 1 is 0.812 bits per heavy atom. The van der Waals surface area contributed by atoms with Crippen LogP contribution in [0.15, 0.2) is 0 Å². The molecule has 0 aromatic carbocycles. The van der Waals surface area contributed by atoms with Crippen molar-refractivity contribution in [1.82, 2.24) is 9.80 Å². The largest absolute Gasteiger partial charge is 0.306 e. The van der Waals surface area contributed by atoms with Crippen molar-refractivity contribution in [2.45, 2.75) is 58.4 Å². The lowest BCUT2D eigenvalue weighted by Gasteiger charge is -2.26. The Kier molecular flexibility index (Phi) is 10.0. The van der Waals surface area contributed by atoms with Crippen LogP contribution in [0.3, 0.4) is 0 Å². The average molecular weight is 228 g/mol. The molecule has 1 unspecified atom stereocenters. The van der Waals surface area contributed by atoms with E-state index in [4.69, 9.17) is 0 Å². The summed E-state index contributed by atoms with van der Waals surface area (Å²) in [5, 5.41) is 0. The van der Waals surface area contributed by atoms with Gasteiger partial charge in [-0.15, -0.1) is 0 Å². The van der Waals surface area contributed by atoms with Crippen molar-refractivity contribution in [2.75, 3.05) is 34.2 Å². The van der Waals surface area contributed by atoms with Gasteiger partial charge in [-0.25, -0.2) is 0 Å². The lowest BCUT2D eigenvalue weighted by molar-refractivity contribution is 0.223. The molecule has 1 atom stereocenters. The molecule has 0 aliphatic rings. The summed E-state index contributed by atoms with van der Waals surface area (Å²) in [4.78, 5) is 4.85. The van der Waals surface area contributed by atoms with Crippen molar-refractivity contribution in [3.05, 3.63) is 0 Å². The molecule has 0 aliphatic carbocycles. The molecule has 0 rings (SSSR count). The van der Waals surface area contributed by atoms with Gasteiger partial charge in [0, 0.05) is 6.04 Å². The minimum absolute atomic E-state index is 0.769. The van der Waals surface area contributed by atoms with Crippen molar-refractivity contribution in [3.8, 4) is 0 Å². The summed E-state index contributed by atoms with van der Waals surface area (Å²) in [5.74, 6) is 0. The van der Waals surface area contributed by atoms with Gasteiger partial charge in [-0.1, -0.05) is 33.1 Å². The number of hydrogen-bond acceptors (Lipinski definition) is 2. The Morgan fingerprint density at radius 2 is 1.50 bits per heavy atom. The van der Waals surface area contributed by atoms with Gasteiger partial charge in [0.1, 0.15) is 0 Å². The summed E-state index contributed by atoms with van der Waals surface area (Å²) >= 11 is 0. The van der Waals surface area contributed by atoms with E-state index in [0.29, 0.717) is 0 Å². The van der Waals surface area contributed by atoms with Crippen LogP contribution in [0.25, 0.3) is 0 Å². The molecule has 0 bridgehead atoms. The number of nitrogens with zero attached hydrogens (tertiary/aromatic N) is 2. The van der Waals surface area contributed by atoms with Crippen LogP contribution in [0, 0.1) is 0 Å². The van der Waals surface area contributed by atoms with Gasteiger partial charge in [0.2, 0.25) is 0 Å². The maximum absolute atomic E-state index is 2.45. The Morgan fingerprint density at radius 3 is 2.00 bits per heavy atom. The van der Waals surface area contributed by atoms with Gasteiger partial charge in [0.05, 0.1) is 0 Å². The highest BCUT2D eigenvalue weighted by molar-refractivity contribution is 4.68. The van der Waals surface area contributed by atoms with E-state index in [1.54, 1.807) is 0 Å². The van der Waals surface area contributed by atoms with Crippen molar-refractivity contribution < 1.29 is 0 Å². The Bertz CT molecular complexity index is 146. The van der Waals surface area contributed by atoms with Crippen molar-refractivity contribution in [3.63, 3.8) is 0 Å². The number of unbranched alkanes of at least 4 members (excludes halogenated alkanes) is 2. The predicted octanol–water partition coefficient (Wildman–Crippen LogP) is 3.23. The van der Waals surface area contributed by atoms with Crippen LogP contribution in [-0.4, -0.2) is 50.1 Å². The lowest BCUT2D eigenvalue weighted by atomic mass is 10.0. The SMILES string of the molecule is CCCCCC(CCN(C)CCC)N(C)C. The van der Waals surface area contributed by atoms with Gasteiger partial charge in [-0.05, 0) is 53.5 Å². The molecule has 0 spiro atoms. The summed E-state index contributed by atoms with van der Waals surface area (Å²) in [6, 6.07) is 0.769. The molecule has 0 N–H and O–H groups in total. The fourth-order valence-corrected chi connectivity index (χ4v) is 2.15. The first-order valence-corrected chi connectivity index (χ1v) is 6.96. The molecule has 98 valence electrons. The zero-order valence-corrected chi connectivity index (χ0v) is 12.1. The van der Waals surface area contributed by atoms with Crippen molar-refractivity contribution >= 4 is 0 Å². The number of rotatable bonds is 10. The van der Waals surface area contributed by atoms with Crippen LogP contribution in [-0.2, 0) is 0 Å². The van der Waals surface area contributed by atoms with Crippen LogP contribution in [0.5, 0.6) is 0 Å². The first kappa shape index (κ1) is 15.9. The second-order valence-corrected chi connectivity index (χ2v) is 5.21. The fraction of sp³-hybridized carbons (Fsp3) is 1.00. The van der Waals surface area contributed by atoms with E-state index in [-0.39, 0.29) is 0 Å². The maximum Gasteiger partial charge on any atom is 0.0101 e. The normalized spacial score (nSPS) is 13.7. The smallest absolute Gasteiger partial charge is 0.0101 e. The molecule has 0 aliphatic heterocycles. The van der Waals surface area contributed by atoms with Gasteiger partial charge in [0.25, 0.3) is 0 Å². The highest BCUT2D eigenvalue weighted by Gasteiger charge is 2.11. The molecule has 2 heteroatoms. The van der Waals surface area contributed by atoms with Gasteiger partial charge >= 0.3 is 0 Å². The molecule has 0 aromatic rings. The zero-order chi connectivity index (χ0) is 12.4. The predicted molar refractivity (Wildman–Crippen MR) is 74.0 cm³/mol. The van der Waals surface area contributed by atoms with E-state index in [2.05, 4.69) is 44.8 Å².